The van der Waals surface area contributed by atoms with Gasteiger partial charge in [0, 0.05) is 11.6 Å². The number of halogens is 1. The van der Waals surface area contributed by atoms with E-state index in [4.69, 9.17) is 0 Å². The van der Waals surface area contributed by atoms with Crippen LogP contribution >= 0.6 is 15.9 Å². The van der Waals surface area contributed by atoms with Crippen LogP contribution < -0.4 is 5.32 Å². The van der Waals surface area contributed by atoms with Gasteiger partial charge in [0.1, 0.15) is 5.82 Å². The van der Waals surface area contributed by atoms with Gasteiger partial charge in [-0.1, -0.05) is 18.2 Å². The zero-order valence-corrected chi connectivity index (χ0v) is 12.0. The summed E-state index contributed by atoms with van der Waals surface area (Å²) in [5.74, 6) is 0.794. The molecule has 2 heterocycles. The molecule has 0 atom stereocenters. The Bertz CT molecular complexity index is 740. The fraction of sp³-hybridized carbons (Fsp3) is 0.0667. The van der Waals surface area contributed by atoms with Gasteiger partial charge in [-0.3, -0.25) is 4.98 Å². The summed E-state index contributed by atoms with van der Waals surface area (Å²) >= 11 is 3.51. The van der Waals surface area contributed by atoms with Crippen LogP contribution in [0, 0.1) is 6.92 Å². The molecule has 4 heteroatoms. The lowest BCUT2D eigenvalue weighted by Crippen LogP contribution is -1.96. The highest BCUT2D eigenvalue weighted by Crippen LogP contribution is 2.25. The number of nitrogens with one attached hydrogen (secondary N) is 1. The first-order valence-electron chi connectivity index (χ1n) is 5.96. The summed E-state index contributed by atoms with van der Waals surface area (Å²) in [7, 11) is 0. The summed E-state index contributed by atoms with van der Waals surface area (Å²) < 4.78 is 0.945. The molecule has 3 aromatic rings. The number of anilines is 2. The van der Waals surface area contributed by atoms with Gasteiger partial charge in [0.2, 0.25) is 0 Å². The molecule has 0 bridgehead atoms. The van der Waals surface area contributed by atoms with Crippen LogP contribution in [-0.2, 0) is 0 Å². The normalized spacial score (nSPS) is 10.6. The Morgan fingerprint density at radius 2 is 1.89 bits per heavy atom. The van der Waals surface area contributed by atoms with E-state index in [-0.39, 0.29) is 0 Å². The molecule has 0 aliphatic rings. The second kappa shape index (κ2) is 4.97. The number of hydrogen-bond donors (Lipinski definition) is 1. The second-order valence-corrected chi connectivity index (χ2v) is 5.24. The number of aromatic nitrogens is 2. The van der Waals surface area contributed by atoms with Crippen LogP contribution in [0.2, 0.25) is 0 Å². The minimum Gasteiger partial charge on any atom is -0.338 e. The highest BCUT2D eigenvalue weighted by molar-refractivity contribution is 9.10. The standard InChI is InChI=1S/C15H12BrN3/c1-10-6-13(16)15(18-8-10)19-12-7-11-4-2-3-5-14(11)17-9-12/h2-9H,1H3,(H,18,19). The van der Waals surface area contributed by atoms with Crippen molar-refractivity contribution in [3.05, 3.63) is 58.8 Å². The van der Waals surface area contributed by atoms with Crippen molar-refractivity contribution in [3.63, 3.8) is 0 Å². The van der Waals surface area contributed by atoms with Crippen molar-refractivity contribution >= 4 is 38.3 Å². The van der Waals surface area contributed by atoms with E-state index in [1.807, 2.05) is 49.6 Å². The highest BCUT2D eigenvalue weighted by Gasteiger charge is 2.03. The van der Waals surface area contributed by atoms with Crippen LogP contribution in [0.1, 0.15) is 5.56 Å². The van der Waals surface area contributed by atoms with E-state index in [0.29, 0.717) is 0 Å². The molecule has 0 spiro atoms. The average molecular weight is 314 g/mol. The third kappa shape index (κ3) is 2.58. The monoisotopic (exact) mass is 313 g/mol. The molecule has 0 saturated heterocycles. The Morgan fingerprint density at radius 1 is 1.05 bits per heavy atom. The molecule has 0 aliphatic heterocycles. The predicted molar refractivity (Wildman–Crippen MR) is 81.7 cm³/mol. The van der Waals surface area contributed by atoms with Crippen molar-refractivity contribution in [2.75, 3.05) is 5.32 Å². The SMILES string of the molecule is Cc1cnc(Nc2cnc3ccccc3c2)c(Br)c1. The Labute approximate surface area is 119 Å². The maximum absolute atomic E-state index is 4.42. The van der Waals surface area contributed by atoms with E-state index in [1.165, 1.54) is 0 Å². The van der Waals surface area contributed by atoms with Crippen molar-refractivity contribution in [1.82, 2.24) is 9.97 Å². The van der Waals surface area contributed by atoms with Gasteiger partial charge in [0.05, 0.1) is 21.9 Å². The van der Waals surface area contributed by atoms with Crippen molar-refractivity contribution in [1.29, 1.82) is 0 Å². The summed E-state index contributed by atoms with van der Waals surface area (Å²) in [4.78, 5) is 8.79. The molecule has 0 aliphatic carbocycles. The fourth-order valence-corrected chi connectivity index (χ4v) is 2.46. The summed E-state index contributed by atoms with van der Waals surface area (Å²) in [6.45, 7) is 2.01. The first kappa shape index (κ1) is 12.1. The second-order valence-electron chi connectivity index (χ2n) is 4.38. The molecule has 3 rings (SSSR count). The molecular weight excluding hydrogens is 302 g/mol. The maximum atomic E-state index is 4.42. The number of fused-ring (bicyclic) bond motifs is 1. The summed E-state index contributed by atoms with van der Waals surface area (Å²) in [6.07, 6.45) is 3.65. The molecule has 94 valence electrons. The number of rotatable bonds is 2. The largest absolute Gasteiger partial charge is 0.338 e. The predicted octanol–water partition coefficient (Wildman–Crippen LogP) is 4.44. The van der Waals surface area contributed by atoms with Gasteiger partial charge in [-0.15, -0.1) is 0 Å². The maximum Gasteiger partial charge on any atom is 0.144 e. The third-order valence-corrected chi connectivity index (χ3v) is 3.44. The van der Waals surface area contributed by atoms with Gasteiger partial charge >= 0.3 is 0 Å². The Morgan fingerprint density at radius 3 is 2.74 bits per heavy atom. The number of nitrogens with zero attached hydrogens (tertiary/aromatic N) is 2. The van der Waals surface area contributed by atoms with Gasteiger partial charge in [-0.25, -0.2) is 4.98 Å². The van der Waals surface area contributed by atoms with Gasteiger partial charge in [-0.05, 0) is 46.6 Å². The molecule has 0 saturated carbocycles. The van der Waals surface area contributed by atoms with Gasteiger partial charge < -0.3 is 5.32 Å². The minimum atomic E-state index is 0.794. The van der Waals surface area contributed by atoms with Crippen LogP contribution in [0.4, 0.5) is 11.5 Å². The topological polar surface area (TPSA) is 37.8 Å². The van der Waals surface area contributed by atoms with Crippen LogP contribution in [0.25, 0.3) is 10.9 Å². The molecule has 0 unspecified atom stereocenters. The third-order valence-electron chi connectivity index (χ3n) is 2.83. The van der Waals surface area contributed by atoms with Crippen molar-refractivity contribution < 1.29 is 0 Å². The Kier molecular flexibility index (Phi) is 3.17. The number of pyridine rings is 2. The summed E-state index contributed by atoms with van der Waals surface area (Å²) in [6, 6.07) is 12.1. The van der Waals surface area contributed by atoms with Crippen molar-refractivity contribution in [3.8, 4) is 0 Å². The first-order chi connectivity index (χ1) is 9.22. The molecule has 19 heavy (non-hydrogen) atoms. The lowest BCUT2D eigenvalue weighted by molar-refractivity contribution is 1.24. The fourth-order valence-electron chi connectivity index (χ4n) is 1.90. The highest BCUT2D eigenvalue weighted by atomic mass is 79.9. The van der Waals surface area contributed by atoms with Gasteiger partial charge in [0.15, 0.2) is 0 Å². The number of hydrogen-bond acceptors (Lipinski definition) is 3. The number of para-hydroxylation sites is 1. The molecule has 1 aromatic carbocycles. The molecule has 2 aromatic heterocycles. The molecule has 1 N–H and O–H groups in total. The molecule has 3 nitrogen and oxygen atoms in total. The van der Waals surface area contributed by atoms with Gasteiger partial charge in [0.25, 0.3) is 0 Å². The van der Waals surface area contributed by atoms with Crippen LogP contribution in [-0.4, -0.2) is 9.97 Å². The van der Waals surface area contributed by atoms with Crippen LogP contribution in [0.3, 0.4) is 0 Å². The van der Waals surface area contributed by atoms with Crippen molar-refractivity contribution in [2.45, 2.75) is 6.92 Å². The van der Waals surface area contributed by atoms with Gasteiger partial charge in [-0.2, -0.15) is 0 Å². The van der Waals surface area contributed by atoms with E-state index in [2.05, 4.69) is 37.3 Å². The number of aryl methyl sites for hydroxylation is 1. The molecule has 0 amide bonds. The van der Waals surface area contributed by atoms with E-state index >= 15 is 0 Å². The lowest BCUT2D eigenvalue weighted by Gasteiger charge is -2.08. The van der Waals surface area contributed by atoms with E-state index in [1.54, 1.807) is 0 Å². The quantitative estimate of drug-likeness (QED) is 0.759. The number of benzene rings is 1. The summed E-state index contributed by atoms with van der Waals surface area (Å²) in [5.41, 5.74) is 3.04. The van der Waals surface area contributed by atoms with E-state index < -0.39 is 0 Å². The minimum absolute atomic E-state index is 0.794. The molecular formula is C15H12BrN3. The van der Waals surface area contributed by atoms with E-state index in [9.17, 15) is 0 Å². The lowest BCUT2D eigenvalue weighted by atomic mass is 10.2. The first-order valence-corrected chi connectivity index (χ1v) is 6.75. The van der Waals surface area contributed by atoms with Crippen LogP contribution in [0.5, 0.6) is 0 Å². The molecule has 0 fully saturated rings. The average Bonchev–Trinajstić information content (AvgIpc) is 2.42. The zero-order chi connectivity index (χ0) is 13.2. The van der Waals surface area contributed by atoms with E-state index in [0.717, 1.165) is 32.4 Å². The summed E-state index contributed by atoms with van der Waals surface area (Å²) in [5, 5.41) is 4.38. The Balaban J connectivity index is 1.96. The Hall–Kier alpha value is -1.94. The van der Waals surface area contributed by atoms with Crippen LogP contribution in [0.15, 0.2) is 53.3 Å². The zero-order valence-electron chi connectivity index (χ0n) is 10.4. The smallest absolute Gasteiger partial charge is 0.144 e. The molecule has 0 radical (unpaired) electrons. The van der Waals surface area contributed by atoms with Crippen molar-refractivity contribution in [2.24, 2.45) is 0 Å².